The second kappa shape index (κ2) is 7.59. The lowest BCUT2D eigenvalue weighted by Crippen LogP contribution is -2.31. The normalized spacial score (nSPS) is 13.3. The molecule has 0 saturated carbocycles. The van der Waals surface area contributed by atoms with Crippen LogP contribution in [0.5, 0.6) is 0 Å². The quantitative estimate of drug-likeness (QED) is 0.473. The largest absolute Gasteiger partial charge is 0.302 e. The third-order valence-corrected chi connectivity index (χ3v) is 5.68. The second-order valence-electron chi connectivity index (χ2n) is 6.58. The minimum Gasteiger partial charge on any atom is -0.302 e. The van der Waals surface area contributed by atoms with E-state index in [1.807, 2.05) is 25.1 Å². The van der Waals surface area contributed by atoms with Crippen LogP contribution in [0.3, 0.4) is 0 Å². The molecule has 0 spiro atoms. The number of benzene rings is 2. The summed E-state index contributed by atoms with van der Waals surface area (Å²) in [7, 11) is 0. The third kappa shape index (κ3) is 3.22. The highest BCUT2D eigenvalue weighted by Crippen LogP contribution is 2.26. The third-order valence-electron chi connectivity index (χ3n) is 4.73. The van der Waals surface area contributed by atoms with Gasteiger partial charge in [-0.3, -0.25) is 14.5 Å². The summed E-state index contributed by atoms with van der Waals surface area (Å²) < 4.78 is 2.06. The molecule has 2 aromatic carbocycles. The summed E-state index contributed by atoms with van der Waals surface area (Å²) in [5.74, 6) is 0.948. The Balaban J connectivity index is 1.47. The first-order chi connectivity index (χ1) is 13.6. The highest BCUT2D eigenvalue weighted by molar-refractivity contribution is 7.99. The summed E-state index contributed by atoms with van der Waals surface area (Å²) >= 11 is 1.50. The molecule has 6 nitrogen and oxygen atoms in total. The van der Waals surface area contributed by atoms with Gasteiger partial charge in [-0.1, -0.05) is 47.7 Å². The van der Waals surface area contributed by atoms with E-state index in [9.17, 15) is 9.59 Å². The molecule has 3 aromatic rings. The Kier molecular flexibility index (Phi) is 5.00. The number of carbonyl (C=O) groups is 2. The van der Waals surface area contributed by atoms with Crippen LogP contribution in [0, 0.1) is 6.92 Å². The zero-order chi connectivity index (χ0) is 19.7. The summed E-state index contributed by atoms with van der Waals surface area (Å²) in [6, 6.07) is 15.1. The van der Waals surface area contributed by atoms with Gasteiger partial charge in [0.25, 0.3) is 11.8 Å². The van der Waals surface area contributed by atoms with Crippen molar-refractivity contribution in [2.24, 2.45) is 0 Å². The standard InChI is InChI=1S/C21H20N4O2S/c1-3-24-18(15-8-6-7-14(2)13-15)22-23-21(24)28-12-11-25-19(26)16-9-4-5-10-17(16)20(25)27/h4-10,13H,3,11-12H2,1-2H3. The van der Waals surface area contributed by atoms with Crippen LogP contribution in [0.25, 0.3) is 11.4 Å². The van der Waals surface area contributed by atoms with E-state index in [2.05, 4.69) is 27.8 Å². The van der Waals surface area contributed by atoms with E-state index in [-0.39, 0.29) is 11.8 Å². The van der Waals surface area contributed by atoms with Gasteiger partial charge < -0.3 is 4.57 Å². The number of hydrogen-bond donors (Lipinski definition) is 0. The molecule has 1 aromatic heterocycles. The lowest BCUT2D eigenvalue weighted by molar-refractivity contribution is 0.0664. The fourth-order valence-corrected chi connectivity index (χ4v) is 4.28. The monoisotopic (exact) mass is 392 g/mol. The van der Waals surface area contributed by atoms with Crippen molar-refractivity contribution >= 4 is 23.6 Å². The van der Waals surface area contributed by atoms with Crippen LogP contribution >= 0.6 is 11.8 Å². The van der Waals surface area contributed by atoms with Crippen LogP contribution in [0.1, 0.15) is 33.2 Å². The molecule has 1 aliphatic rings. The highest BCUT2D eigenvalue weighted by atomic mass is 32.2. The molecule has 2 heterocycles. The Morgan fingerprint density at radius 2 is 1.68 bits per heavy atom. The van der Waals surface area contributed by atoms with Crippen LogP contribution in [-0.2, 0) is 6.54 Å². The van der Waals surface area contributed by atoms with E-state index < -0.39 is 0 Å². The highest BCUT2D eigenvalue weighted by Gasteiger charge is 2.34. The average Bonchev–Trinajstić information content (AvgIpc) is 3.22. The van der Waals surface area contributed by atoms with Crippen molar-refractivity contribution in [1.29, 1.82) is 0 Å². The summed E-state index contributed by atoms with van der Waals surface area (Å²) in [6.07, 6.45) is 0. The second-order valence-corrected chi connectivity index (χ2v) is 7.64. The van der Waals surface area contributed by atoms with Gasteiger partial charge in [0.15, 0.2) is 11.0 Å². The summed E-state index contributed by atoms with van der Waals surface area (Å²) in [4.78, 5) is 26.2. The van der Waals surface area contributed by atoms with E-state index in [0.717, 1.165) is 23.1 Å². The number of fused-ring (bicyclic) bond motifs is 1. The number of aryl methyl sites for hydroxylation is 1. The van der Waals surface area contributed by atoms with Crippen LogP contribution in [-0.4, -0.2) is 43.8 Å². The van der Waals surface area contributed by atoms with E-state index in [0.29, 0.717) is 23.4 Å². The van der Waals surface area contributed by atoms with Crippen LogP contribution in [0.4, 0.5) is 0 Å². The van der Waals surface area contributed by atoms with Gasteiger partial charge in [-0.2, -0.15) is 0 Å². The van der Waals surface area contributed by atoms with Crippen molar-refractivity contribution in [1.82, 2.24) is 19.7 Å². The Labute approximate surface area is 167 Å². The Morgan fingerprint density at radius 3 is 2.32 bits per heavy atom. The fourth-order valence-electron chi connectivity index (χ4n) is 3.35. The van der Waals surface area contributed by atoms with Crippen LogP contribution in [0.15, 0.2) is 53.7 Å². The zero-order valence-corrected chi connectivity index (χ0v) is 16.6. The molecule has 0 unspecified atom stereocenters. The van der Waals surface area contributed by atoms with Crippen LogP contribution in [0.2, 0.25) is 0 Å². The molecule has 28 heavy (non-hydrogen) atoms. The minimum absolute atomic E-state index is 0.224. The lowest BCUT2D eigenvalue weighted by atomic mass is 10.1. The molecule has 2 amide bonds. The molecular formula is C21H20N4O2S. The number of nitrogens with zero attached hydrogens (tertiary/aromatic N) is 4. The Hall–Kier alpha value is -2.93. The van der Waals surface area contributed by atoms with E-state index in [4.69, 9.17) is 0 Å². The summed E-state index contributed by atoms with van der Waals surface area (Å²) in [5.41, 5.74) is 3.16. The lowest BCUT2D eigenvalue weighted by Gasteiger charge is -2.13. The van der Waals surface area contributed by atoms with Gasteiger partial charge in [0.1, 0.15) is 0 Å². The molecule has 4 rings (SSSR count). The Bertz CT molecular complexity index is 1030. The van der Waals surface area contributed by atoms with Crippen molar-refractivity contribution in [2.45, 2.75) is 25.5 Å². The molecule has 0 N–H and O–H groups in total. The van der Waals surface area contributed by atoms with Gasteiger partial charge in [0.05, 0.1) is 11.1 Å². The van der Waals surface area contributed by atoms with Gasteiger partial charge in [-0.15, -0.1) is 10.2 Å². The first kappa shape index (κ1) is 18.4. The van der Waals surface area contributed by atoms with Gasteiger partial charge in [0.2, 0.25) is 0 Å². The molecule has 0 atom stereocenters. The van der Waals surface area contributed by atoms with E-state index in [1.165, 1.54) is 22.2 Å². The minimum atomic E-state index is -0.224. The number of amides is 2. The molecule has 0 bridgehead atoms. The SMILES string of the molecule is CCn1c(SCCN2C(=O)c3ccccc3C2=O)nnc1-c1cccc(C)c1. The summed E-state index contributed by atoms with van der Waals surface area (Å²) in [5, 5.41) is 9.47. The van der Waals surface area contributed by atoms with Gasteiger partial charge in [-0.05, 0) is 32.0 Å². The number of rotatable bonds is 6. The maximum Gasteiger partial charge on any atom is 0.261 e. The van der Waals surface area contributed by atoms with Crippen molar-refractivity contribution < 1.29 is 9.59 Å². The Morgan fingerprint density at radius 1 is 0.964 bits per heavy atom. The fraction of sp³-hybridized carbons (Fsp3) is 0.238. The van der Waals surface area contributed by atoms with Crippen LogP contribution < -0.4 is 0 Å². The van der Waals surface area contributed by atoms with Crippen molar-refractivity contribution in [2.75, 3.05) is 12.3 Å². The molecule has 0 aliphatic carbocycles. The van der Waals surface area contributed by atoms with Crippen molar-refractivity contribution in [3.05, 3.63) is 65.2 Å². The first-order valence-corrected chi connectivity index (χ1v) is 10.2. The number of imide groups is 1. The number of thioether (sulfide) groups is 1. The number of carbonyl (C=O) groups excluding carboxylic acids is 2. The number of aromatic nitrogens is 3. The van der Waals surface area contributed by atoms with E-state index in [1.54, 1.807) is 24.3 Å². The molecule has 1 aliphatic heterocycles. The molecule has 0 fully saturated rings. The predicted octanol–water partition coefficient (Wildman–Crippen LogP) is 3.66. The molecule has 7 heteroatoms. The summed E-state index contributed by atoms with van der Waals surface area (Å²) in [6.45, 7) is 5.18. The van der Waals surface area contributed by atoms with E-state index >= 15 is 0 Å². The maximum atomic E-state index is 12.5. The maximum absolute atomic E-state index is 12.5. The molecule has 0 saturated heterocycles. The van der Waals surface area contributed by atoms with Crippen molar-refractivity contribution in [3.63, 3.8) is 0 Å². The number of hydrogen-bond acceptors (Lipinski definition) is 5. The molecule has 0 radical (unpaired) electrons. The molecule has 142 valence electrons. The zero-order valence-electron chi connectivity index (χ0n) is 15.8. The van der Waals surface area contributed by atoms with Gasteiger partial charge in [-0.25, -0.2) is 0 Å². The smallest absolute Gasteiger partial charge is 0.261 e. The van der Waals surface area contributed by atoms with Crippen molar-refractivity contribution in [3.8, 4) is 11.4 Å². The molecular weight excluding hydrogens is 372 g/mol. The average molecular weight is 392 g/mol. The van der Waals surface area contributed by atoms with Gasteiger partial charge >= 0.3 is 0 Å². The van der Waals surface area contributed by atoms with Gasteiger partial charge in [0, 0.05) is 24.4 Å². The topological polar surface area (TPSA) is 68.1 Å². The predicted molar refractivity (Wildman–Crippen MR) is 108 cm³/mol. The first-order valence-electron chi connectivity index (χ1n) is 9.18.